The molecule has 0 saturated carbocycles. The molecule has 0 spiro atoms. The van der Waals surface area contributed by atoms with E-state index in [0.717, 1.165) is 36.0 Å². The smallest absolute Gasteiger partial charge is 0.350 e. The van der Waals surface area contributed by atoms with Gasteiger partial charge in [0.05, 0.1) is 0 Å². The highest BCUT2D eigenvalue weighted by molar-refractivity contribution is 9.10. The topological polar surface area (TPSA) is 42.2 Å². The summed E-state index contributed by atoms with van der Waals surface area (Å²) in [7, 11) is 0. The van der Waals surface area contributed by atoms with Gasteiger partial charge in [-0.3, -0.25) is 0 Å². The molecule has 1 aliphatic heterocycles. The Morgan fingerprint density at radius 1 is 1.41 bits per heavy atom. The van der Waals surface area contributed by atoms with E-state index < -0.39 is 0 Å². The number of fused-ring (bicyclic) bond motifs is 2. The largest absolute Gasteiger partial charge is 0.422 e. The van der Waals surface area contributed by atoms with Crippen LogP contribution in [0.25, 0.3) is 11.0 Å². The van der Waals surface area contributed by atoms with Crippen molar-refractivity contribution in [1.29, 1.82) is 0 Å². The number of benzene rings is 1. The first-order valence-corrected chi connectivity index (χ1v) is 6.46. The second-order valence-electron chi connectivity index (χ2n) is 4.36. The van der Waals surface area contributed by atoms with E-state index in [1.807, 2.05) is 13.0 Å². The molecule has 2 heterocycles. The van der Waals surface area contributed by atoms with Crippen molar-refractivity contribution in [2.75, 3.05) is 11.9 Å². The Kier molecular flexibility index (Phi) is 2.47. The molecule has 17 heavy (non-hydrogen) atoms. The number of halogens is 1. The molecule has 0 unspecified atom stereocenters. The van der Waals surface area contributed by atoms with Gasteiger partial charge < -0.3 is 9.73 Å². The molecule has 1 N–H and O–H groups in total. The standard InChI is InChI=1S/C13H12BrNO2/c1-7-9-5-8-3-2-4-15-10(8)6-11(9)17-13(16)12(7)14/h5-6,15H,2-4H2,1H3. The maximum atomic E-state index is 11.6. The lowest BCUT2D eigenvalue weighted by molar-refractivity contribution is 0.555. The van der Waals surface area contributed by atoms with Gasteiger partial charge in [-0.05, 0) is 52.9 Å². The van der Waals surface area contributed by atoms with Gasteiger partial charge in [0.15, 0.2) is 0 Å². The van der Waals surface area contributed by atoms with Gasteiger partial charge in [0.2, 0.25) is 0 Å². The molecule has 0 bridgehead atoms. The molecule has 88 valence electrons. The summed E-state index contributed by atoms with van der Waals surface area (Å²) in [5, 5.41) is 4.35. The van der Waals surface area contributed by atoms with E-state index in [0.29, 0.717) is 10.1 Å². The predicted molar refractivity (Wildman–Crippen MR) is 71.7 cm³/mol. The molecular weight excluding hydrogens is 282 g/mol. The first kappa shape index (κ1) is 10.8. The summed E-state index contributed by atoms with van der Waals surface area (Å²) in [4.78, 5) is 11.6. The van der Waals surface area contributed by atoms with E-state index in [4.69, 9.17) is 4.42 Å². The Labute approximate surface area is 107 Å². The first-order valence-electron chi connectivity index (χ1n) is 5.66. The molecular formula is C13H12BrNO2. The lowest BCUT2D eigenvalue weighted by Crippen LogP contribution is -2.12. The van der Waals surface area contributed by atoms with Crippen LogP contribution in [0.2, 0.25) is 0 Å². The number of anilines is 1. The van der Waals surface area contributed by atoms with Crippen LogP contribution in [0, 0.1) is 6.92 Å². The monoisotopic (exact) mass is 293 g/mol. The molecule has 4 heteroatoms. The zero-order chi connectivity index (χ0) is 12.0. The first-order chi connectivity index (χ1) is 8.16. The molecule has 2 aromatic rings. The molecule has 0 fully saturated rings. The zero-order valence-corrected chi connectivity index (χ0v) is 11.1. The second-order valence-corrected chi connectivity index (χ2v) is 5.16. The van der Waals surface area contributed by atoms with Crippen LogP contribution in [0.1, 0.15) is 17.5 Å². The summed E-state index contributed by atoms with van der Waals surface area (Å²) in [5.74, 6) is 0. The highest BCUT2D eigenvalue weighted by Crippen LogP contribution is 2.30. The fraction of sp³-hybridized carbons (Fsp3) is 0.308. The summed E-state index contributed by atoms with van der Waals surface area (Å²) in [6.07, 6.45) is 2.23. The summed E-state index contributed by atoms with van der Waals surface area (Å²) < 4.78 is 5.82. The lowest BCUT2D eigenvalue weighted by atomic mass is 10.00. The van der Waals surface area contributed by atoms with Crippen LogP contribution in [0.4, 0.5) is 5.69 Å². The van der Waals surface area contributed by atoms with Gasteiger partial charge in [0, 0.05) is 23.7 Å². The van der Waals surface area contributed by atoms with Crippen molar-refractivity contribution in [1.82, 2.24) is 0 Å². The molecule has 1 aromatic carbocycles. The van der Waals surface area contributed by atoms with Crippen LogP contribution in [-0.2, 0) is 6.42 Å². The molecule has 0 atom stereocenters. The second kappa shape index (κ2) is 3.88. The van der Waals surface area contributed by atoms with Crippen LogP contribution in [0.5, 0.6) is 0 Å². The quantitative estimate of drug-likeness (QED) is 0.759. The average molecular weight is 294 g/mol. The molecule has 0 radical (unpaired) electrons. The van der Waals surface area contributed by atoms with E-state index >= 15 is 0 Å². The lowest BCUT2D eigenvalue weighted by Gasteiger charge is -2.18. The fourth-order valence-corrected chi connectivity index (χ4v) is 2.59. The van der Waals surface area contributed by atoms with E-state index in [9.17, 15) is 4.79 Å². The summed E-state index contributed by atoms with van der Waals surface area (Å²) in [5.41, 5.74) is 3.68. The van der Waals surface area contributed by atoms with E-state index in [2.05, 4.69) is 27.3 Å². The predicted octanol–water partition coefficient (Wildman–Crippen LogP) is 3.22. The van der Waals surface area contributed by atoms with Crippen molar-refractivity contribution in [3.63, 3.8) is 0 Å². The minimum Gasteiger partial charge on any atom is -0.422 e. The van der Waals surface area contributed by atoms with Crippen molar-refractivity contribution in [2.45, 2.75) is 19.8 Å². The van der Waals surface area contributed by atoms with Crippen molar-refractivity contribution >= 4 is 32.6 Å². The van der Waals surface area contributed by atoms with Gasteiger partial charge in [0.25, 0.3) is 0 Å². The van der Waals surface area contributed by atoms with Crippen molar-refractivity contribution in [3.05, 3.63) is 38.2 Å². The molecule has 3 rings (SSSR count). The third-order valence-corrected chi connectivity index (χ3v) is 4.18. The molecule has 1 aliphatic rings. The molecule has 3 nitrogen and oxygen atoms in total. The molecule has 0 amide bonds. The van der Waals surface area contributed by atoms with Crippen LogP contribution < -0.4 is 10.9 Å². The number of rotatable bonds is 0. The Balaban J connectivity index is 2.38. The summed E-state index contributed by atoms with van der Waals surface area (Å²) in [6.45, 7) is 2.92. The molecule has 1 aromatic heterocycles. The van der Waals surface area contributed by atoms with Gasteiger partial charge in [-0.15, -0.1) is 0 Å². The zero-order valence-electron chi connectivity index (χ0n) is 9.47. The van der Waals surface area contributed by atoms with Gasteiger partial charge in [-0.1, -0.05) is 0 Å². The molecule has 0 aliphatic carbocycles. The summed E-state index contributed by atoms with van der Waals surface area (Å²) >= 11 is 3.27. The minimum atomic E-state index is -0.314. The number of aryl methyl sites for hydroxylation is 2. The normalized spacial score (nSPS) is 14.5. The van der Waals surface area contributed by atoms with Crippen LogP contribution in [0.3, 0.4) is 0 Å². The van der Waals surface area contributed by atoms with Gasteiger partial charge >= 0.3 is 5.63 Å². The number of nitrogens with one attached hydrogen (secondary N) is 1. The third-order valence-electron chi connectivity index (χ3n) is 3.26. The highest BCUT2D eigenvalue weighted by Gasteiger charge is 2.14. The summed E-state index contributed by atoms with van der Waals surface area (Å²) in [6, 6.07) is 4.06. The van der Waals surface area contributed by atoms with E-state index in [1.165, 1.54) is 5.56 Å². The highest BCUT2D eigenvalue weighted by atomic mass is 79.9. The minimum absolute atomic E-state index is 0.314. The average Bonchev–Trinajstić information content (AvgIpc) is 2.34. The van der Waals surface area contributed by atoms with Crippen molar-refractivity contribution in [3.8, 4) is 0 Å². The van der Waals surface area contributed by atoms with Crippen LogP contribution in [0.15, 0.2) is 25.8 Å². The SMILES string of the molecule is Cc1c(Br)c(=O)oc2cc3c(cc12)CCCN3. The fourth-order valence-electron chi connectivity index (χ4n) is 2.29. The van der Waals surface area contributed by atoms with Gasteiger partial charge in [-0.25, -0.2) is 4.79 Å². The number of hydrogen-bond donors (Lipinski definition) is 1. The van der Waals surface area contributed by atoms with Gasteiger partial charge in [-0.2, -0.15) is 0 Å². The van der Waals surface area contributed by atoms with Crippen molar-refractivity contribution < 1.29 is 4.42 Å². The Morgan fingerprint density at radius 2 is 2.24 bits per heavy atom. The molecule has 0 saturated heterocycles. The van der Waals surface area contributed by atoms with Gasteiger partial charge in [0.1, 0.15) is 10.1 Å². The number of hydrogen-bond acceptors (Lipinski definition) is 3. The maximum Gasteiger partial charge on any atom is 0.350 e. The van der Waals surface area contributed by atoms with Crippen LogP contribution >= 0.6 is 15.9 Å². The van der Waals surface area contributed by atoms with Crippen LogP contribution in [-0.4, -0.2) is 6.54 Å². The maximum absolute atomic E-state index is 11.6. The van der Waals surface area contributed by atoms with E-state index in [-0.39, 0.29) is 5.63 Å². The van der Waals surface area contributed by atoms with Crippen molar-refractivity contribution in [2.24, 2.45) is 0 Å². The van der Waals surface area contributed by atoms with E-state index in [1.54, 1.807) is 0 Å². The Morgan fingerprint density at radius 3 is 3.06 bits per heavy atom. The Hall–Kier alpha value is -1.29. The Bertz CT molecular complexity index is 660. The third kappa shape index (κ3) is 1.67.